The van der Waals surface area contributed by atoms with Crippen LogP contribution in [0.4, 0.5) is 0 Å². The Kier molecular flexibility index (Phi) is 8.00. The summed E-state index contributed by atoms with van der Waals surface area (Å²) in [6, 6.07) is 30.5. The first-order valence-electron chi connectivity index (χ1n) is 18.7. The molecule has 0 radical (unpaired) electrons. The van der Waals surface area contributed by atoms with E-state index in [0.29, 0.717) is 5.75 Å². The van der Waals surface area contributed by atoms with Gasteiger partial charge in [-0.1, -0.05) is 131 Å². The Hall–Kier alpha value is -4.70. The molecule has 1 aliphatic heterocycles. The Bertz CT molecular complexity index is 2350. The van der Waals surface area contributed by atoms with E-state index in [-0.39, 0.29) is 27.2 Å². The van der Waals surface area contributed by atoms with Crippen LogP contribution in [0.5, 0.6) is 5.75 Å². The van der Waals surface area contributed by atoms with Crippen molar-refractivity contribution in [1.82, 2.24) is 14.5 Å². The molecule has 52 heavy (non-hydrogen) atoms. The Labute approximate surface area is 311 Å². The molecule has 0 saturated carbocycles. The second-order valence-corrected chi connectivity index (χ2v) is 19.0. The topological polar surface area (TPSA) is 50.9 Å². The molecule has 1 N–H and O–H groups in total. The molecule has 4 nitrogen and oxygen atoms in total. The normalized spacial score (nSPS) is 15.4. The van der Waals surface area contributed by atoms with Crippen LogP contribution in [0.1, 0.15) is 112 Å². The summed E-state index contributed by atoms with van der Waals surface area (Å²) in [6.07, 6.45) is 1.91. The van der Waals surface area contributed by atoms with Crippen LogP contribution in [-0.2, 0) is 27.2 Å². The zero-order valence-corrected chi connectivity index (χ0v) is 33.4. The largest absolute Gasteiger partial charge is 0.507 e. The zero-order valence-electron chi connectivity index (χ0n) is 33.4. The lowest BCUT2D eigenvalue weighted by atomic mass is 9.61. The third kappa shape index (κ3) is 5.57. The molecule has 268 valence electrons. The highest BCUT2D eigenvalue weighted by Crippen LogP contribution is 2.58. The maximum absolute atomic E-state index is 12.4. The molecule has 0 fully saturated rings. The highest BCUT2D eigenvalue weighted by Gasteiger charge is 2.51. The van der Waals surface area contributed by atoms with E-state index >= 15 is 0 Å². The Morgan fingerprint density at radius 2 is 1.27 bits per heavy atom. The van der Waals surface area contributed by atoms with Gasteiger partial charge in [0.25, 0.3) is 0 Å². The van der Waals surface area contributed by atoms with Crippen molar-refractivity contribution in [3.05, 3.63) is 113 Å². The lowest BCUT2D eigenvalue weighted by Crippen LogP contribution is -2.49. The number of benzene rings is 4. The van der Waals surface area contributed by atoms with Gasteiger partial charge in [0.2, 0.25) is 0 Å². The lowest BCUT2D eigenvalue weighted by Gasteiger charge is -2.50. The van der Waals surface area contributed by atoms with Gasteiger partial charge < -0.3 is 9.67 Å². The van der Waals surface area contributed by atoms with E-state index in [2.05, 4.69) is 173 Å². The maximum atomic E-state index is 12.4. The fraction of sp³-hybridized carbons (Fsp3) is 0.375. The van der Waals surface area contributed by atoms with Gasteiger partial charge in [0, 0.05) is 28.3 Å². The summed E-state index contributed by atoms with van der Waals surface area (Å²) < 4.78 is 2.41. The van der Waals surface area contributed by atoms with Crippen LogP contribution < -0.4 is 0 Å². The first-order valence-corrected chi connectivity index (χ1v) is 18.7. The van der Waals surface area contributed by atoms with E-state index in [4.69, 9.17) is 9.97 Å². The molecule has 1 aliphatic rings. The molecule has 4 heteroatoms. The summed E-state index contributed by atoms with van der Waals surface area (Å²) in [5.41, 5.74) is 12.9. The van der Waals surface area contributed by atoms with Crippen molar-refractivity contribution in [2.45, 2.75) is 117 Å². The quantitative estimate of drug-likeness (QED) is 0.201. The van der Waals surface area contributed by atoms with Gasteiger partial charge in [-0.25, -0.2) is 4.98 Å². The monoisotopic (exact) mass is 689 g/mol. The van der Waals surface area contributed by atoms with Crippen molar-refractivity contribution in [3.8, 4) is 50.6 Å². The predicted molar refractivity (Wildman–Crippen MR) is 219 cm³/mol. The molecule has 7 rings (SSSR count). The number of pyridine rings is 1. The van der Waals surface area contributed by atoms with Gasteiger partial charge in [-0.05, 0) is 93.8 Å². The molecular formula is C48H55N3O. The summed E-state index contributed by atoms with van der Waals surface area (Å²) in [4.78, 5) is 10.5. The van der Waals surface area contributed by atoms with Crippen LogP contribution >= 0.6 is 0 Å². The SMILES string of the molecule is CC(C)(C)c1cc(-c2cc(-c3ccccc3)ccn2)cc(-c2cccc3c2nc2n3C(C)(C)C(C)(C)c3c(C(C)(C)C)cc(C(C)(C)C)c(O)c3-2)c1. The van der Waals surface area contributed by atoms with Crippen molar-refractivity contribution < 1.29 is 5.11 Å². The van der Waals surface area contributed by atoms with Gasteiger partial charge in [-0.15, -0.1) is 0 Å². The second kappa shape index (κ2) is 11.7. The summed E-state index contributed by atoms with van der Waals surface area (Å²) in [7, 11) is 0. The van der Waals surface area contributed by atoms with E-state index in [0.717, 1.165) is 55.9 Å². The highest BCUT2D eigenvalue weighted by molar-refractivity contribution is 5.97. The standard InChI is InChI=1S/C48H55N3O/c1-44(2,3)33-25-31(24-32(26-33)37-27-30(22-23-49-37)29-18-15-14-16-19-29)34-20-17-21-38-41(34)50-43-39-40(47(10,11)48(12,13)51(38)43)35(45(4,5)6)28-36(42(39)52)46(7,8)9/h14-28,52H,1-13H3. The number of hydrogen-bond acceptors (Lipinski definition) is 3. The van der Waals surface area contributed by atoms with Gasteiger partial charge >= 0.3 is 0 Å². The van der Waals surface area contributed by atoms with Crippen LogP contribution in [0.3, 0.4) is 0 Å². The zero-order chi connectivity index (χ0) is 37.8. The van der Waals surface area contributed by atoms with Crippen LogP contribution in [0.15, 0.2) is 91.1 Å². The number of fused-ring (bicyclic) bond motifs is 5. The number of hydrogen-bond donors (Lipinski definition) is 1. The van der Waals surface area contributed by atoms with Crippen molar-refractivity contribution in [2.75, 3.05) is 0 Å². The summed E-state index contributed by atoms with van der Waals surface area (Å²) in [5.74, 6) is 1.18. The number of phenolic OH excluding ortho intramolecular Hbond substituents is 1. The molecule has 0 aliphatic carbocycles. The van der Waals surface area contributed by atoms with Crippen LogP contribution in [0, 0.1) is 0 Å². The molecule has 0 bridgehead atoms. The third-order valence-electron chi connectivity index (χ3n) is 11.8. The molecule has 0 spiro atoms. The molecule has 0 atom stereocenters. The van der Waals surface area contributed by atoms with E-state index in [9.17, 15) is 5.11 Å². The van der Waals surface area contributed by atoms with Crippen molar-refractivity contribution >= 4 is 11.0 Å². The van der Waals surface area contributed by atoms with E-state index in [1.807, 2.05) is 12.3 Å². The molecule has 0 saturated heterocycles. The Morgan fingerprint density at radius 1 is 0.615 bits per heavy atom. The smallest absolute Gasteiger partial charge is 0.145 e. The average Bonchev–Trinajstić information content (AvgIpc) is 3.47. The number of rotatable bonds is 3. The third-order valence-corrected chi connectivity index (χ3v) is 11.8. The minimum absolute atomic E-state index is 0.0907. The minimum atomic E-state index is -0.362. The fourth-order valence-electron chi connectivity index (χ4n) is 8.12. The maximum Gasteiger partial charge on any atom is 0.145 e. The van der Waals surface area contributed by atoms with E-state index < -0.39 is 0 Å². The lowest BCUT2D eigenvalue weighted by molar-refractivity contribution is 0.198. The summed E-state index contributed by atoms with van der Waals surface area (Å²) in [6.45, 7) is 29.6. The summed E-state index contributed by atoms with van der Waals surface area (Å²) in [5, 5.41) is 12.4. The number of aromatic nitrogens is 3. The second-order valence-electron chi connectivity index (χ2n) is 19.0. The highest BCUT2D eigenvalue weighted by atomic mass is 16.3. The number of nitrogens with zero attached hydrogens (tertiary/aromatic N) is 3. The fourth-order valence-corrected chi connectivity index (χ4v) is 8.12. The van der Waals surface area contributed by atoms with Gasteiger partial charge in [0.05, 0.1) is 27.8 Å². The number of phenols is 1. The molecule has 6 aromatic rings. The molecule has 2 aromatic heterocycles. The number of imidazole rings is 1. The number of para-hydroxylation sites is 1. The first-order chi connectivity index (χ1) is 24.1. The molecule has 4 aromatic carbocycles. The van der Waals surface area contributed by atoms with E-state index in [1.165, 1.54) is 22.3 Å². The van der Waals surface area contributed by atoms with Gasteiger partial charge in [0.1, 0.15) is 11.6 Å². The average molecular weight is 690 g/mol. The van der Waals surface area contributed by atoms with Crippen LogP contribution in [0.2, 0.25) is 0 Å². The predicted octanol–water partition coefficient (Wildman–Crippen LogP) is 12.7. The molecule has 0 unspecified atom stereocenters. The minimum Gasteiger partial charge on any atom is -0.507 e. The van der Waals surface area contributed by atoms with E-state index in [1.54, 1.807) is 0 Å². The number of aromatic hydroxyl groups is 1. The summed E-state index contributed by atoms with van der Waals surface area (Å²) >= 11 is 0. The first kappa shape index (κ1) is 35.7. The van der Waals surface area contributed by atoms with Crippen LogP contribution in [-0.4, -0.2) is 19.6 Å². The van der Waals surface area contributed by atoms with Crippen molar-refractivity contribution in [3.63, 3.8) is 0 Å². The molecule has 3 heterocycles. The van der Waals surface area contributed by atoms with Gasteiger partial charge in [-0.3, -0.25) is 4.98 Å². The van der Waals surface area contributed by atoms with Gasteiger partial charge in [-0.2, -0.15) is 0 Å². The Morgan fingerprint density at radius 3 is 1.90 bits per heavy atom. The molecule has 0 amide bonds. The van der Waals surface area contributed by atoms with Crippen molar-refractivity contribution in [2.24, 2.45) is 0 Å². The Balaban J connectivity index is 1.53. The molecular weight excluding hydrogens is 635 g/mol. The van der Waals surface area contributed by atoms with Crippen LogP contribution in [0.25, 0.3) is 55.9 Å². The van der Waals surface area contributed by atoms with Crippen molar-refractivity contribution in [1.29, 1.82) is 0 Å². The van der Waals surface area contributed by atoms with Gasteiger partial charge in [0.15, 0.2) is 0 Å².